The van der Waals surface area contributed by atoms with Gasteiger partial charge in [0.15, 0.2) is 0 Å². The van der Waals surface area contributed by atoms with Crippen molar-refractivity contribution in [1.29, 1.82) is 0 Å². The lowest BCUT2D eigenvalue weighted by molar-refractivity contribution is -0.143. The highest BCUT2D eigenvalue weighted by Crippen LogP contribution is 2.20. The highest BCUT2D eigenvalue weighted by atomic mass is 35.5. The minimum absolute atomic E-state index is 0. The van der Waals surface area contributed by atoms with Crippen LogP contribution < -0.4 is 5.32 Å². The molecule has 2 saturated heterocycles. The SMILES string of the molecule is Cl.Cl.O=C(O)C1CCN(C2CNC2)CC1. The standard InChI is InChI=1S/C9H16N2O2.2ClH/c12-9(13)7-1-3-11(4-2-7)8-5-10-6-8;;/h7-8,10H,1-6H2,(H,12,13);2*1H. The maximum absolute atomic E-state index is 10.7. The Kier molecular flexibility index (Phi) is 6.52. The molecular formula is C9H18Cl2N2O2. The van der Waals surface area contributed by atoms with Gasteiger partial charge in [-0.05, 0) is 25.9 Å². The molecule has 2 rings (SSSR count). The molecule has 6 heteroatoms. The van der Waals surface area contributed by atoms with Crippen LogP contribution in [0.5, 0.6) is 0 Å². The molecular weight excluding hydrogens is 239 g/mol. The maximum Gasteiger partial charge on any atom is 0.306 e. The molecule has 2 N–H and O–H groups in total. The second kappa shape index (κ2) is 6.53. The summed E-state index contributed by atoms with van der Waals surface area (Å²) in [7, 11) is 0. The first kappa shape index (κ1) is 15.0. The minimum Gasteiger partial charge on any atom is -0.481 e. The Morgan fingerprint density at radius 1 is 1.20 bits per heavy atom. The van der Waals surface area contributed by atoms with E-state index in [4.69, 9.17) is 5.11 Å². The van der Waals surface area contributed by atoms with E-state index < -0.39 is 5.97 Å². The summed E-state index contributed by atoms with van der Waals surface area (Å²) in [6, 6.07) is 0.676. The molecule has 0 atom stereocenters. The van der Waals surface area contributed by atoms with Gasteiger partial charge in [0, 0.05) is 19.1 Å². The largest absolute Gasteiger partial charge is 0.481 e. The van der Waals surface area contributed by atoms with E-state index in [9.17, 15) is 4.79 Å². The lowest BCUT2D eigenvalue weighted by atomic mass is 9.95. The van der Waals surface area contributed by atoms with Gasteiger partial charge < -0.3 is 10.4 Å². The number of hydrogen-bond acceptors (Lipinski definition) is 3. The Balaban J connectivity index is 0.000000980. The predicted molar refractivity (Wildman–Crippen MR) is 63.1 cm³/mol. The summed E-state index contributed by atoms with van der Waals surface area (Å²) < 4.78 is 0. The molecule has 0 amide bonds. The lowest BCUT2D eigenvalue weighted by Gasteiger charge is -2.41. The number of carbonyl (C=O) groups is 1. The van der Waals surface area contributed by atoms with Crippen LogP contribution in [0.1, 0.15) is 12.8 Å². The zero-order valence-electron chi connectivity index (χ0n) is 8.52. The highest BCUT2D eigenvalue weighted by molar-refractivity contribution is 5.85. The van der Waals surface area contributed by atoms with Gasteiger partial charge in [0.1, 0.15) is 0 Å². The van der Waals surface area contributed by atoms with Gasteiger partial charge in [0.05, 0.1) is 5.92 Å². The van der Waals surface area contributed by atoms with Crippen LogP contribution in [0.3, 0.4) is 0 Å². The van der Waals surface area contributed by atoms with Gasteiger partial charge in [0.2, 0.25) is 0 Å². The van der Waals surface area contributed by atoms with Crippen molar-refractivity contribution in [1.82, 2.24) is 10.2 Å². The molecule has 0 aromatic carbocycles. The van der Waals surface area contributed by atoms with Crippen molar-refractivity contribution in [2.75, 3.05) is 26.2 Å². The molecule has 0 aromatic rings. The van der Waals surface area contributed by atoms with Gasteiger partial charge in [-0.1, -0.05) is 0 Å². The maximum atomic E-state index is 10.7. The third-order valence-corrected chi connectivity index (χ3v) is 3.16. The number of nitrogens with one attached hydrogen (secondary N) is 1. The smallest absolute Gasteiger partial charge is 0.306 e. The van der Waals surface area contributed by atoms with Crippen molar-refractivity contribution in [2.24, 2.45) is 5.92 Å². The van der Waals surface area contributed by atoms with Crippen molar-refractivity contribution < 1.29 is 9.90 Å². The fourth-order valence-corrected chi connectivity index (χ4v) is 2.04. The number of halogens is 2. The molecule has 15 heavy (non-hydrogen) atoms. The number of aliphatic carboxylic acids is 1. The quantitative estimate of drug-likeness (QED) is 0.760. The fraction of sp³-hybridized carbons (Fsp3) is 0.889. The van der Waals surface area contributed by atoms with E-state index in [2.05, 4.69) is 10.2 Å². The molecule has 0 saturated carbocycles. The van der Waals surface area contributed by atoms with Gasteiger partial charge in [-0.15, -0.1) is 24.8 Å². The number of hydrogen-bond donors (Lipinski definition) is 2. The molecule has 0 aromatic heterocycles. The van der Waals surface area contributed by atoms with E-state index in [0.29, 0.717) is 6.04 Å². The number of rotatable bonds is 2. The van der Waals surface area contributed by atoms with Crippen LogP contribution in [0, 0.1) is 5.92 Å². The average Bonchev–Trinajstić information content (AvgIpc) is 2.02. The Labute approximate surface area is 102 Å². The number of carboxylic acid groups (broad SMARTS) is 1. The molecule has 0 aliphatic carbocycles. The number of carboxylic acids is 1. The van der Waals surface area contributed by atoms with Crippen LogP contribution in [-0.2, 0) is 4.79 Å². The molecule has 2 aliphatic heterocycles. The van der Waals surface area contributed by atoms with Crippen molar-refractivity contribution >= 4 is 30.8 Å². The molecule has 2 heterocycles. The van der Waals surface area contributed by atoms with Crippen molar-refractivity contribution in [3.8, 4) is 0 Å². The molecule has 2 aliphatic rings. The molecule has 0 radical (unpaired) electrons. The molecule has 4 nitrogen and oxygen atoms in total. The van der Waals surface area contributed by atoms with E-state index in [-0.39, 0.29) is 30.7 Å². The van der Waals surface area contributed by atoms with Crippen molar-refractivity contribution in [2.45, 2.75) is 18.9 Å². The molecule has 90 valence electrons. The number of nitrogens with zero attached hydrogens (tertiary/aromatic N) is 1. The van der Waals surface area contributed by atoms with E-state index in [1.807, 2.05) is 0 Å². The van der Waals surface area contributed by atoms with Gasteiger partial charge in [-0.25, -0.2) is 0 Å². The zero-order valence-corrected chi connectivity index (χ0v) is 10.1. The molecule has 0 spiro atoms. The highest BCUT2D eigenvalue weighted by Gasteiger charge is 2.30. The van der Waals surface area contributed by atoms with Crippen LogP contribution >= 0.6 is 24.8 Å². The van der Waals surface area contributed by atoms with Crippen molar-refractivity contribution in [3.63, 3.8) is 0 Å². The summed E-state index contributed by atoms with van der Waals surface area (Å²) in [6.07, 6.45) is 1.65. The average molecular weight is 257 g/mol. The summed E-state index contributed by atoms with van der Waals surface area (Å²) in [4.78, 5) is 13.1. The van der Waals surface area contributed by atoms with Gasteiger partial charge in [-0.3, -0.25) is 9.69 Å². The Morgan fingerprint density at radius 2 is 1.73 bits per heavy atom. The summed E-state index contributed by atoms with van der Waals surface area (Å²) in [5, 5.41) is 12.0. The first-order valence-corrected chi connectivity index (χ1v) is 4.95. The van der Waals surface area contributed by atoms with Crippen LogP contribution in [0.25, 0.3) is 0 Å². The number of likely N-dealkylation sites (tertiary alicyclic amines) is 1. The van der Waals surface area contributed by atoms with Crippen LogP contribution in [0.15, 0.2) is 0 Å². The van der Waals surface area contributed by atoms with Crippen molar-refractivity contribution in [3.05, 3.63) is 0 Å². The van der Waals surface area contributed by atoms with Crippen LogP contribution in [0.2, 0.25) is 0 Å². The fourth-order valence-electron chi connectivity index (χ4n) is 2.04. The monoisotopic (exact) mass is 256 g/mol. The van der Waals surface area contributed by atoms with E-state index in [1.54, 1.807) is 0 Å². The van der Waals surface area contributed by atoms with E-state index in [0.717, 1.165) is 39.0 Å². The first-order chi connectivity index (χ1) is 6.27. The van der Waals surface area contributed by atoms with Gasteiger partial charge in [0.25, 0.3) is 0 Å². The zero-order chi connectivity index (χ0) is 9.26. The third kappa shape index (κ3) is 3.48. The first-order valence-electron chi connectivity index (χ1n) is 4.95. The Hall–Kier alpha value is -0.0300. The van der Waals surface area contributed by atoms with Crippen LogP contribution in [-0.4, -0.2) is 48.2 Å². The molecule has 2 fully saturated rings. The molecule has 0 bridgehead atoms. The summed E-state index contributed by atoms with van der Waals surface area (Å²) in [5.41, 5.74) is 0. The predicted octanol–water partition coefficient (Wildman–Crippen LogP) is 0.598. The summed E-state index contributed by atoms with van der Waals surface area (Å²) >= 11 is 0. The Morgan fingerprint density at radius 3 is 2.07 bits per heavy atom. The van der Waals surface area contributed by atoms with Crippen LogP contribution in [0.4, 0.5) is 0 Å². The van der Waals surface area contributed by atoms with E-state index in [1.165, 1.54) is 0 Å². The lowest BCUT2D eigenvalue weighted by Crippen LogP contribution is -2.59. The van der Waals surface area contributed by atoms with Gasteiger partial charge in [-0.2, -0.15) is 0 Å². The summed E-state index contributed by atoms with van der Waals surface area (Å²) in [6.45, 7) is 4.09. The normalized spacial score (nSPS) is 23.5. The Bertz CT molecular complexity index is 204. The second-order valence-corrected chi connectivity index (χ2v) is 3.96. The molecule has 0 unspecified atom stereocenters. The minimum atomic E-state index is -0.619. The second-order valence-electron chi connectivity index (χ2n) is 3.96. The third-order valence-electron chi connectivity index (χ3n) is 3.16. The van der Waals surface area contributed by atoms with Gasteiger partial charge >= 0.3 is 5.97 Å². The van der Waals surface area contributed by atoms with E-state index >= 15 is 0 Å². The number of piperidine rings is 1. The summed E-state index contributed by atoms with van der Waals surface area (Å²) in [5.74, 6) is -0.712. The topological polar surface area (TPSA) is 52.6 Å².